The van der Waals surface area contributed by atoms with Gasteiger partial charge in [0.1, 0.15) is 37.1 Å². The Morgan fingerprint density at radius 1 is 0.629 bits per heavy atom. The number of esters is 4. The molecule has 200 valence electrons. The largest absolute Gasteiger partial charge is 0.463 e. The highest BCUT2D eigenvalue weighted by atomic mass is 16.7. The van der Waals surface area contributed by atoms with Gasteiger partial charge >= 0.3 is 23.9 Å². The minimum absolute atomic E-state index is 0.468. The summed E-state index contributed by atoms with van der Waals surface area (Å²) in [6, 6.07) is 0. The van der Waals surface area contributed by atoms with Gasteiger partial charge in [-0.25, -0.2) is 0 Å². The molecule has 2 saturated heterocycles. The van der Waals surface area contributed by atoms with E-state index in [1.165, 1.54) is 0 Å². The molecule has 15 heteroatoms. The van der Waals surface area contributed by atoms with E-state index < -0.39 is 98.5 Å². The van der Waals surface area contributed by atoms with Crippen molar-refractivity contribution in [3.8, 4) is 0 Å². The molecular weight excluding hydrogens is 480 g/mol. The fourth-order valence-electron chi connectivity index (χ4n) is 3.58. The van der Waals surface area contributed by atoms with Crippen LogP contribution in [0.5, 0.6) is 0 Å². The first-order valence-electron chi connectivity index (χ1n) is 10.6. The monoisotopic (exact) mass is 510 g/mol. The highest BCUT2D eigenvalue weighted by Crippen LogP contribution is 2.31. The lowest BCUT2D eigenvalue weighted by atomic mass is 9.97. The Balaban J connectivity index is 2.32. The van der Waals surface area contributed by atoms with E-state index in [1.807, 2.05) is 0 Å². The lowest BCUT2D eigenvalue weighted by Crippen LogP contribution is -2.64. The third kappa shape index (κ3) is 7.79. The Morgan fingerprint density at radius 2 is 1.17 bits per heavy atom. The summed E-state index contributed by atoms with van der Waals surface area (Å²) >= 11 is 0. The number of ether oxygens (including phenoxy) is 7. The van der Waals surface area contributed by atoms with Crippen molar-refractivity contribution in [2.75, 3.05) is 13.2 Å². The van der Waals surface area contributed by atoms with Crippen LogP contribution in [0.4, 0.5) is 0 Å². The predicted molar refractivity (Wildman–Crippen MR) is 107 cm³/mol. The summed E-state index contributed by atoms with van der Waals surface area (Å²) in [7, 11) is 0. The van der Waals surface area contributed by atoms with Crippen LogP contribution in [0.25, 0.3) is 0 Å². The van der Waals surface area contributed by atoms with Crippen LogP contribution in [0.15, 0.2) is 0 Å². The van der Waals surface area contributed by atoms with Crippen LogP contribution in [0, 0.1) is 0 Å². The van der Waals surface area contributed by atoms with Gasteiger partial charge in [0.05, 0.1) is 6.61 Å². The zero-order chi connectivity index (χ0) is 26.4. The number of aliphatic hydroxyl groups is 4. The zero-order valence-corrected chi connectivity index (χ0v) is 19.5. The second kappa shape index (κ2) is 12.5. The molecule has 0 saturated carbocycles. The van der Waals surface area contributed by atoms with Crippen LogP contribution in [-0.4, -0.2) is 119 Å². The molecule has 2 fully saturated rings. The number of carbonyl (C=O) groups excluding carboxylic acids is 4. The van der Waals surface area contributed by atoms with Gasteiger partial charge in [-0.2, -0.15) is 0 Å². The first kappa shape index (κ1) is 28.8. The normalized spacial score (nSPS) is 37.1. The first-order valence-corrected chi connectivity index (χ1v) is 10.6. The number of carbonyl (C=O) groups is 4. The Bertz CT molecular complexity index is 772. The Hall–Kier alpha value is -2.40. The lowest BCUT2D eigenvalue weighted by molar-refractivity contribution is -0.328. The molecule has 15 nitrogen and oxygen atoms in total. The molecule has 0 aromatic rings. The van der Waals surface area contributed by atoms with Crippen molar-refractivity contribution in [2.24, 2.45) is 0 Å². The van der Waals surface area contributed by atoms with Crippen LogP contribution < -0.4 is 0 Å². The van der Waals surface area contributed by atoms with Crippen molar-refractivity contribution in [3.05, 3.63) is 0 Å². The standard InChI is InChI=1S/C20H30O15/c1-7(21)29-6-12-16(31-8(2)22)17(32-9(3)23)18(33-10(4)24)20(35-12)30-5-11-13(25)14(26)15(27)19(28)34-11/h11-20,25-28H,5-6H2,1-4H3/t11-,12-,13-,14+,15-,16-,17+,18-,19-,20-/m1/s1. The summed E-state index contributed by atoms with van der Waals surface area (Å²) in [5, 5.41) is 39.3. The van der Waals surface area contributed by atoms with Crippen LogP contribution in [0.3, 0.4) is 0 Å². The molecule has 2 heterocycles. The van der Waals surface area contributed by atoms with E-state index in [0.717, 1.165) is 27.7 Å². The van der Waals surface area contributed by atoms with Gasteiger partial charge in [0.15, 0.2) is 30.9 Å². The summed E-state index contributed by atoms with van der Waals surface area (Å²) in [4.78, 5) is 46.6. The van der Waals surface area contributed by atoms with E-state index >= 15 is 0 Å². The summed E-state index contributed by atoms with van der Waals surface area (Å²) in [6.45, 7) is 3.26. The number of aliphatic hydroxyl groups excluding tert-OH is 4. The lowest BCUT2D eigenvalue weighted by Gasteiger charge is -2.45. The van der Waals surface area contributed by atoms with Gasteiger partial charge in [0.25, 0.3) is 0 Å². The van der Waals surface area contributed by atoms with Crippen molar-refractivity contribution in [1.82, 2.24) is 0 Å². The van der Waals surface area contributed by atoms with Crippen molar-refractivity contribution in [1.29, 1.82) is 0 Å². The third-order valence-electron chi connectivity index (χ3n) is 5.06. The molecule has 0 aromatic heterocycles. The Morgan fingerprint density at radius 3 is 1.71 bits per heavy atom. The van der Waals surface area contributed by atoms with Crippen LogP contribution in [-0.2, 0) is 52.3 Å². The highest BCUT2D eigenvalue weighted by molar-refractivity contribution is 5.68. The first-order chi connectivity index (χ1) is 16.3. The number of rotatable bonds is 8. The van der Waals surface area contributed by atoms with Crippen molar-refractivity contribution in [3.63, 3.8) is 0 Å². The molecule has 35 heavy (non-hydrogen) atoms. The average Bonchev–Trinajstić information content (AvgIpc) is 2.75. The van der Waals surface area contributed by atoms with E-state index in [-0.39, 0.29) is 0 Å². The smallest absolute Gasteiger partial charge is 0.303 e. The summed E-state index contributed by atoms with van der Waals surface area (Å²) in [6.07, 6.45) is -15.6. The quantitative estimate of drug-likeness (QED) is 0.188. The minimum atomic E-state index is -1.84. The number of hydrogen-bond donors (Lipinski definition) is 4. The molecule has 0 bridgehead atoms. The summed E-state index contributed by atoms with van der Waals surface area (Å²) < 4.78 is 37.0. The molecular formula is C20H30O15. The molecule has 0 amide bonds. The average molecular weight is 510 g/mol. The van der Waals surface area contributed by atoms with E-state index in [0.29, 0.717) is 0 Å². The molecule has 10 atom stereocenters. The fourth-order valence-corrected chi connectivity index (χ4v) is 3.58. The Labute approximate surface area is 199 Å². The van der Waals surface area contributed by atoms with Crippen LogP contribution in [0.1, 0.15) is 27.7 Å². The summed E-state index contributed by atoms with van der Waals surface area (Å²) in [5.41, 5.74) is 0. The second-order valence-corrected chi connectivity index (χ2v) is 7.94. The van der Waals surface area contributed by atoms with Crippen LogP contribution >= 0.6 is 0 Å². The van der Waals surface area contributed by atoms with E-state index in [1.54, 1.807) is 0 Å². The van der Waals surface area contributed by atoms with Gasteiger partial charge < -0.3 is 53.6 Å². The molecule has 2 rings (SSSR count). The molecule has 0 spiro atoms. The molecule has 2 aliphatic rings. The van der Waals surface area contributed by atoms with Gasteiger partial charge in [-0.15, -0.1) is 0 Å². The molecule has 2 aliphatic heterocycles. The van der Waals surface area contributed by atoms with E-state index in [4.69, 9.17) is 33.2 Å². The predicted octanol–water partition coefficient (Wildman–Crippen LogP) is -3.11. The van der Waals surface area contributed by atoms with Gasteiger partial charge in [0, 0.05) is 27.7 Å². The maximum atomic E-state index is 11.8. The van der Waals surface area contributed by atoms with Crippen LogP contribution in [0.2, 0.25) is 0 Å². The van der Waals surface area contributed by atoms with Gasteiger partial charge in [-0.1, -0.05) is 0 Å². The fraction of sp³-hybridized carbons (Fsp3) is 0.800. The van der Waals surface area contributed by atoms with Crippen molar-refractivity contribution < 1.29 is 72.8 Å². The zero-order valence-electron chi connectivity index (χ0n) is 19.5. The molecule has 0 radical (unpaired) electrons. The molecule has 0 aromatic carbocycles. The SMILES string of the molecule is CC(=O)OC[C@H]1O[C@@H](OC[C@H]2O[C@@H](O)[C@H](O)[C@@H](O)[C@@H]2O)[C@H](OC(C)=O)[C@@H](OC(C)=O)[C@@H]1OC(C)=O. The maximum absolute atomic E-state index is 11.8. The van der Waals surface area contributed by atoms with Crippen molar-refractivity contribution >= 4 is 23.9 Å². The maximum Gasteiger partial charge on any atom is 0.303 e. The molecule has 0 unspecified atom stereocenters. The number of hydrogen-bond acceptors (Lipinski definition) is 15. The van der Waals surface area contributed by atoms with Gasteiger partial charge in [-0.05, 0) is 0 Å². The highest BCUT2D eigenvalue weighted by Gasteiger charge is 2.53. The van der Waals surface area contributed by atoms with E-state index in [2.05, 4.69) is 0 Å². The van der Waals surface area contributed by atoms with E-state index in [9.17, 15) is 39.6 Å². The second-order valence-electron chi connectivity index (χ2n) is 7.94. The molecule has 4 N–H and O–H groups in total. The Kier molecular flexibility index (Phi) is 10.3. The summed E-state index contributed by atoms with van der Waals surface area (Å²) in [5.74, 6) is -3.17. The van der Waals surface area contributed by atoms with Gasteiger partial charge in [-0.3, -0.25) is 19.2 Å². The molecule has 0 aliphatic carbocycles. The third-order valence-corrected chi connectivity index (χ3v) is 5.06. The van der Waals surface area contributed by atoms with Gasteiger partial charge in [0.2, 0.25) is 0 Å². The van der Waals surface area contributed by atoms with Crippen molar-refractivity contribution in [2.45, 2.75) is 89.1 Å². The minimum Gasteiger partial charge on any atom is -0.463 e. The topological polar surface area (TPSA) is 214 Å².